The lowest BCUT2D eigenvalue weighted by molar-refractivity contribution is 0.241. The summed E-state index contributed by atoms with van der Waals surface area (Å²) in [6.07, 6.45) is 1.15. The molecule has 0 aliphatic carbocycles. The summed E-state index contributed by atoms with van der Waals surface area (Å²) in [6.45, 7) is 12.9. The van der Waals surface area contributed by atoms with Gasteiger partial charge in [0.05, 0.1) is 0 Å². The molecule has 1 aromatic carbocycles. The van der Waals surface area contributed by atoms with E-state index in [0.29, 0.717) is 12.0 Å². The molecule has 102 valence electrons. The van der Waals surface area contributed by atoms with Gasteiger partial charge in [-0.05, 0) is 36.8 Å². The fraction of sp³-hybridized carbons (Fsp3) is 0.625. The molecule has 0 unspecified atom stereocenters. The van der Waals surface area contributed by atoms with Gasteiger partial charge in [0.1, 0.15) is 0 Å². The maximum Gasteiger partial charge on any atom is 0.0210 e. The zero-order chi connectivity index (χ0) is 13.8. The molecule has 0 aliphatic heterocycles. The van der Waals surface area contributed by atoms with Gasteiger partial charge in [-0.1, -0.05) is 45.0 Å². The smallest absolute Gasteiger partial charge is 0.0210 e. The van der Waals surface area contributed by atoms with Gasteiger partial charge in [0, 0.05) is 18.6 Å². The average Bonchev–Trinajstić information content (AvgIpc) is 2.24. The monoisotopic (exact) mass is 248 g/mol. The van der Waals surface area contributed by atoms with Crippen molar-refractivity contribution in [2.45, 2.75) is 59.7 Å². The van der Waals surface area contributed by atoms with E-state index in [4.69, 9.17) is 5.73 Å². The summed E-state index contributed by atoms with van der Waals surface area (Å²) in [5.41, 5.74) is 8.60. The minimum atomic E-state index is 0.158. The molecular formula is C16H28N2. The highest BCUT2D eigenvalue weighted by Crippen LogP contribution is 2.27. The Balaban J connectivity index is 2.53. The Morgan fingerprint density at radius 2 is 1.44 bits per heavy atom. The van der Waals surface area contributed by atoms with Gasteiger partial charge in [-0.3, -0.25) is 0 Å². The zero-order valence-electron chi connectivity index (χ0n) is 12.5. The number of nitrogens with two attached hydrogens (primary N) is 1. The zero-order valence-corrected chi connectivity index (χ0v) is 12.5. The lowest BCUT2D eigenvalue weighted by Gasteiger charge is -2.33. The van der Waals surface area contributed by atoms with Crippen LogP contribution >= 0.6 is 0 Å². The highest BCUT2D eigenvalue weighted by atomic mass is 14.9. The average molecular weight is 248 g/mol. The summed E-state index contributed by atoms with van der Waals surface area (Å²) in [5, 5.41) is 3.64. The molecule has 0 bridgehead atoms. The van der Waals surface area contributed by atoms with Crippen molar-refractivity contribution < 1.29 is 0 Å². The molecule has 1 rings (SSSR count). The largest absolute Gasteiger partial charge is 0.326 e. The predicted octanol–water partition coefficient (Wildman–Crippen LogP) is 3.45. The van der Waals surface area contributed by atoms with Crippen molar-refractivity contribution in [2.75, 3.05) is 0 Å². The van der Waals surface area contributed by atoms with Crippen LogP contribution in [0.15, 0.2) is 24.3 Å². The molecule has 0 heterocycles. The van der Waals surface area contributed by atoms with Crippen molar-refractivity contribution in [1.29, 1.82) is 0 Å². The van der Waals surface area contributed by atoms with Crippen LogP contribution in [-0.2, 0) is 13.1 Å². The molecule has 1 aromatic rings. The fourth-order valence-electron chi connectivity index (χ4n) is 2.52. The van der Waals surface area contributed by atoms with E-state index in [1.54, 1.807) is 0 Å². The van der Waals surface area contributed by atoms with Crippen LogP contribution < -0.4 is 11.1 Å². The van der Waals surface area contributed by atoms with Gasteiger partial charge in [-0.25, -0.2) is 0 Å². The van der Waals surface area contributed by atoms with Gasteiger partial charge in [-0.15, -0.1) is 0 Å². The van der Waals surface area contributed by atoms with Crippen LogP contribution in [0.5, 0.6) is 0 Å². The molecule has 2 nitrogen and oxygen atoms in total. The predicted molar refractivity (Wildman–Crippen MR) is 79.3 cm³/mol. The Morgan fingerprint density at radius 1 is 0.944 bits per heavy atom. The van der Waals surface area contributed by atoms with E-state index in [0.717, 1.165) is 13.0 Å². The molecule has 0 atom stereocenters. The van der Waals surface area contributed by atoms with Crippen molar-refractivity contribution in [3.8, 4) is 0 Å². The maximum absolute atomic E-state index is 5.60. The van der Waals surface area contributed by atoms with Crippen LogP contribution in [0.25, 0.3) is 0 Å². The lowest BCUT2D eigenvalue weighted by atomic mass is 9.82. The first-order chi connectivity index (χ1) is 8.22. The third kappa shape index (κ3) is 5.65. The molecule has 0 radical (unpaired) electrons. The molecule has 0 saturated carbocycles. The molecular weight excluding hydrogens is 220 g/mol. The summed E-state index contributed by atoms with van der Waals surface area (Å²) >= 11 is 0. The maximum atomic E-state index is 5.60. The van der Waals surface area contributed by atoms with Gasteiger partial charge in [-0.2, -0.15) is 0 Å². The Morgan fingerprint density at radius 3 is 1.89 bits per heavy atom. The Kier molecular flexibility index (Phi) is 4.94. The molecule has 0 amide bonds. The van der Waals surface area contributed by atoms with E-state index < -0.39 is 0 Å². The Hall–Kier alpha value is -0.860. The number of hydrogen-bond donors (Lipinski definition) is 2. The number of rotatable bonds is 5. The summed E-state index contributed by atoms with van der Waals surface area (Å²) in [5.74, 6) is 0. The first-order valence-electron chi connectivity index (χ1n) is 6.75. The van der Waals surface area contributed by atoms with Crippen LogP contribution in [0.3, 0.4) is 0 Å². The van der Waals surface area contributed by atoms with Crippen molar-refractivity contribution in [3.63, 3.8) is 0 Å². The van der Waals surface area contributed by atoms with Gasteiger partial charge in [0.15, 0.2) is 0 Å². The van der Waals surface area contributed by atoms with E-state index in [2.05, 4.69) is 64.2 Å². The van der Waals surface area contributed by atoms with E-state index >= 15 is 0 Å². The van der Waals surface area contributed by atoms with E-state index in [9.17, 15) is 0 Å². The van der Waals surface area contributed by atoms with Gasteiger partial charge >= 0.3 is 0 Å². The normalized spacial score (nSPS) is 12.8. The first-order valence-corrected chi connectivity index (χ1v) is 6.75. The SMILES string of the molecule is CC(C)(C)CC(C)(C)NCc1ccc(CN)cc1. The molecule has 2 heteroatoms. The quantitative estimate of drug-likeness (QED) is 0.837. The molecule has 0 fully saturated rings. The molecule has 0 spiro atoms. The fourth-order valence-corrected chi connectivity index (χ4v) is 2.52. The minimum absolute atomic E-state index is 0.158. The van der Waals surface area contributed by atoms with Crippen molar-refractivity contribution in [1.82, 2.24) is 5.32 Å². The van der Waals surface area contributed by atoms with Crippen molar-refractivity contribution >= 4 is 0 Å². The minimum Gasteiger partial charge on any atom is -0.326 e. The summed E-state index contributed by atoms with van der Waals surface area (Å²) in [7, 11) is 0. The highest BCUT2D eigenvalue weighted by molar-refractivity contribution is 5.22. The van der Waals surface area contributed by atoms with Gasteiger partial charge < -0.3 is 11.1 Å². The molecule has 18 heavy (non-hydrogen) atoms. The molecule has 0 saturated heterocycles. The van der Waals surface area contributed by atoms with Crippen LogP contribution in [0, 0.1) is 5.41 Å². The van der Waals surface area contributed by atoms with Crippen LogP contribution in [0.1, 0.15) is 52.2 Å². The van der Waals surface area contributed by atoms with Crippen molar-refractivity contribution in [3.05, 3.63) is 35.4 Å². The third-order valence-corrected chi connectivity index (χ3v) is 3.00. The Labute approximate surface area is 112 Å². The van der Waals surface area contributed by atoms with Crippen LogP contribution in [0.4, 0.5) is 0 Å². The van der Waals surface area contributed by atoms with E-state index in [1.807, 2.05) is 0 Å². The van der Waals surface area contributed by atoms with Gasteiger partial charge in [0.2, 0.25) is 0 Å². The second kappa shape index (κ2) is 5.85. The third-order valence-electron chi connectivity index (χ3n) is 3.00. The Bertz CT molecular complexity index is 358. The number of benzene rings is 1. The second-order valence-corrected chi connectivity index (χ2v) is 7.00. The second-order valence-electron chi connectivity index (χ2n) is 7.00. The van der Waals surface area contributed by atoms with E-state index in [-0.39, 0.29) is 5.54 Å². The molecule has 0 aliphatic rings. The molecule has 0 aromatic heterocycles. The number of nitrogens with one attached hydrogen (secondary N) is 1. The van der Waals surface area contributed by atoms with E-state index in [1.165, 1.54) is 11.1 Å². The molecule has 3 N–H and O–H groups in total. The van der Waals surface area contributed by atoms with Crippen LogP contribution in [0.2, 0.25) is 0 Å². The van der Waals surface area contributed by atoms with Gasteiger partial charge in [0.25, 0.3) is 0 Å². The number of hydrogen-bond acceptors (Lipinski definition) is 2. The summed E-state index contributed by atoms with van der Waals surface area (Å²) in [4.78, 5) is 0. The summed E-state index contributed by atoms with van der Waals surface area (Å²) in [6, 6.07) is 8.52. The summed E-state index contributed by atoms with van der Waals surface area (Å²) < 4.78 is 0. The lowest BCUT2D eigenvalue weighted by Crippen LogP contribution is -2.41. The van der Waals surface area contributed by atoms with Crippen LogP contribution in [-0.4, -0.2) is 5.54 Å². The highest BCUT2D eigenvalue weighted by Gasteiger charge is 2.24. The van der Waals surface area contributed by atoms with Crippen molar-refractivity contribution in [2.24, 2.45) is 11.1 Å². The standard InChI is InChI=1S/C16H28N2/c1-15(2,3)12-16(4,5)18-11-14-8-6-13(10-17)7-9-14/h6-9,18H,10-12,17H2,1-5H3. The first kappa shape index (κ1) is 15.2. The topological polar surface area (TPSA) is 38.0 Å².